The topological polar surface area (TPSA) is 50.4 Å². The van der Waals surface area contributed by atoms with Crippen LogP contribution in [0.5, 0.6) is 0 Å². The van der Waals surface area contributed by atoms with E-state index < -0.39 is 0 Å². The van der Waals surface area contributed by atoms with Crippen molar-refractivity contribution in [1.29, 1.82) is 0 Å². The van der Waals surface area contributed by atoms with E-state index in [-0.39, 0.29) is 12.5 Å². The summed E-state index contributed by atoms with van der Waals surface area (Å²) in [6.07, 6.45) is 3.57. The van der Waals surface area contributed by atoms with Crippen LogP contribution >= 0.6 is 0 Å². The Hall–Kier alpha value is -1.39. The van der Waals surface area contributed by atoms with E-state index in [0.29, 0.717) is 19.1 Å². The van der Waals surface area contributed by atoms with Crippen molar-refractivity contribution in [1.82, 2.24) is 10.6 Å². The molecule has 1 fully saturated rings. The van der Waals surface area contributed by atoms with Gasteiger partial charge in [0.05, 0.1) is 0 Å². The van der Waals surface area contributed by atoms with Gasteiger partial charge in [-0.05, 0) is 43.8 Å². The Morgan fingerprint density at radius 1 is 1.35 bits per heavy atom. The number of rotatable bonds is 7. The van der Waals surface area contributed by atoms with Gasteiger partial charge < -0.3 is 15.4 Å². The molecule has 0 aliphatic carbocycles. The summed E-state index contributed by atoms with van der Waals surface area (Å²) in [5, 5.41) is 6.25. The molecular weight excluding hydrogens is 252 g/mol. The number of benzene rings is 1. The van der Waals surface area contributed by atoms with Crippen LogP contribution < -0.4 is 10.6 Å². The lowest BCUT2D eigenvalue weighted by Crippen LogP contribution is -2.31. The van der Waals surface area contributed by atoms with Crippen LogP contribution in [-0.2, 0) is 16.1 Å². The second kappa shape index (κ2) is 8.72. The first kappa shape index (κ1) is 15.0. The zero-order valence-electron chi connectivity index (χ0n) is 11.9. The number of amides is 1. The number of hydrogen-bond donors (Lipinski definition) is 2. The van der Waals surface area contributed by atoms with Gasteiger partial charge in [-0.15, -0.1) is 0 Å². The molecule has 4 nitrogen and oxygen atoms in total. The zero-order chi connectivity index (χ0) is 14.0. The van der Waals surface area contributed by atoms with Crippen LogP contribution in [0.2, 0.25) is 0 Å². The molecule has 1 heterocycles. The molecule has 2 N–H and O–H groups in total. The minimum absolute atomic E-state index is 0.0457. The largest absolute Gasteiger partial charge is 0.372 e. The third kappa shape index (κ3) is 5.72. The Bertz CT molecular complexity index is 389. The monoisotopic (exact) mass is 276 g/mol. The van der Waals surface area contributed by atoms with Crippen molar-refractivity contribution >= 4 is 5.91 Å². The van der Waals surface area contributed by atoms with Crippen molar-refractivity contribution in [3.63, 3.8) is 0 Å². The van der Waals surface area contributed by atoms with Gasteiger partial charge in [-0.1, -0.05) is 30.3 Å². The zero-order valence-corrected chi connectivity index (χ0v) is 11.9. The number of ether oxygens (including phenoxy) is 1. The first-order valence-electron chi connectivity index (χ1n) is 7.43. The van der Waals surface area contributed by atoms with E-state index in [4.69, 9.17) is 4.74 Å². The smallest absolute Gasteiger partial charge is 0.246 e. The fraction of sp³-hybridized carbons (Fsp3) is 0.562. The molecule has 0 bridgehead atoms. The van der Waals surface area contributed by atoms with E-state index >= 15 is 0 Å². The van der Waals surface area contributed by atoms with E-state index in [1.807, 2.05) is 30.3 Å². The van der Waals surface area contributed by atoms with Gasteiger partial charge in [0, 0.05) is 13.2 Å². The predicted octanol–water partition coefficient (Wildman–Crippen LogP) is 1.71. The molecule has 0 radical (unpaired) electrons. The lowest BCUT2D eigenvalue weighted by atomic mass is 9.97. The standard InChI is InChI=1S/C16H24N2O2/c19-16(18-12-14-5-2-1-3-6-14)13-20-10-8-15-7-4-9-17-11-15/h1-3,5-6,15,17H,4,7-13H2,(H,18,19). The summed E-state index contributed by atoms with van der Waals surface area (Å²) in [6.45, 7) is 3.62. The van der Waals surface area contributed by atoms with Crippen LogP contribution in [0.25, 0.3) is 0 Å². The lowest BCUT2D eigenvalue weighted by molar-refractivity contribution is -0.126. The maximum Gasteiger partial charge on any atom is 0.246 e. The van der Waals surface area contributed by atoms with E-state index in [1.165, 1.54) is 12.8 Å². The molecule has 1 aromatic carbocycles. The van der Waals surface area contributed by atoms with E-state index in [1.54, 1.807) is 0 Å². The molecule has 4 heteroatoms. The summed E-state index contributed by atoms with van der Waals surface area (Å²) >= 11 is 0. The highest BCUT2D eigenvalue weighted by atomic mass is 16.5. The van der Waals surface area contributed by atoms with Crippen LogP contribution in [0, 0.1) is 5.92 Å². The molecule has 1 aliphatic rings. The number of hydrogen-bond acceptors (Lipinski definition) is 3. The molecule has 1 aromatic rings. The summed E-state index contributed by atoms with van der Waals surface area (Å²) in [7, 11) is 0. The van der Waals surface area contributed by atoms with Crippen molar-refractivity contribution in [2.24, 2.45) is 5.92 Å². The highest BCUT2D eigenvalue weighted by Gasteiger charge is 2.12. The fourth-order valence-electron chi connectivity index (χ4n) is 2.43. The molecule has 1 saturated heterocycles. The maximum absolute atomic E-state index is 11.6. The average molecular weight is 276 g/mol. The predicted molar refractivity (Wildman–Crippen MR) is 79.3 cm³/mol. The Balaban J connectivity index is 1.51. The van der Waals surface area contributed by atoms with Crippen LogP contribution in [0.15, 0.2) is 30.3 Å². The second-order valence-electron chi connectivity index (χ2n) is 5.32. The van der Waals surface area contributed by atoms with Gasteiger partial charge in [-0.3, -0.25) is 4.79 Å². The summed E-state index contributed by atoms with van der Waals surface area (Å²) in [5.41, 5.74) is 1.11. The average Bonchev–Trinajstić information content (AvgIpc) is 2.52. The molecule has 1 atom stereocenters. The molecule has 2 rings (SSSR count). The van der Waals surface area contributed by atoms with Gasteiger partial charge in [0.1, 0.15) is 6.61 Å². The number of carbonyl (C=O) groups is 1. The van der Waals surface area contributed by atoms with Crippen LogP contribution in [0.3, 0.4) is 0 Å². The minimum Gasteiger partial charge on any atom is -0.372 e. The number of piperidine rings is 1. The summed E-state index contributed by atoms with van der Waals surface area (Å²) < 4.78 is 5.45. The first-order valence-corrected chi connectivity index (χ1v) is 7.43. The van der Waals surface area contributed by atoms with Crippen LogP contribution in [0.1, 0.15) is 24.8 Å². The molecule has 1 aliphatic heterocycles. The molecule has 20 heavy (non-hydrogen) atoms. The van der Waals surface area contributed by atoms with Gasteiger partial charge in [-0.25, -0.2) is 0 Å². The summed E-state index contributed by atoms with van der Waals surface area (Å²) in [4.78, 5) is 11.6. The third-order valence-electron chi connectivity index (χ3n) is 3.64. The van der Waals surface area contributed by atoms with Crippen molar-refractivity contribution in [3.8, 4) is 0 Å². The minimum atomic E-state index is -0.0457. The SMILES string of the molecule is O=C(COCCC1CCCNC1)NCc1ccccc1. The molecule has 0 spiro atoms. The van der Waals surface area contributed by atoms with Crippen LogP contribution in [0.4, 0.5) is 0 Å². The molecule has 0 aromatic heterocycles. The normalized spacial score (nSPS) is 18.7. The Labute approximate surface area is 120 Å². The summed E-state index contributed by atoms with van der Waals surface area (Å²) in [6, 6.07) is 9.90. The van der Waals surface area contributed by atoms with Crippen molar-refractivity contribution in [3.05, 3.63) is 35.9 Å². The van der Waals surface area contributed by atoms with E-state index in [2.05, 4.69) is 10.6 Å². The number of carbonyl (C=O) groups excluding carboxylic acids is 1. The van der Waals surface area contributed by atoms with Gasteiger partial charge in [0.25, 0.3) is 0 Å². The molecule has 110 valence electrons. The molecule has 1 unspecified atom stereocenters. The number of nitrogens with one attached hydrogen (secondary N) is 2. The van der Waals surface area contributed by atoms with Gasteiger partial charge in [0.2, 0.25) is 5.91 Å². The molecule has 0 saturated carbocycles. The second-order valence-corrected chi connectivity index (χ2v) is 5.32. The van der Waals surface area contributed by atoms with Gasteiger partial charge in [-0.2, -0.15) is 0 Å². The quantitative estimate of drug-likeness (QED) is 0.745. The van der Waals surface area contributed by atoms with Gasteiger partial charge in [0.15, 0.2) is 0 Å². The summed E-state index contributed by atoms with van der Waals surface area (Å²) in [5.74, 6) is 0.659. The Morgan fingerprint density at radius 2 is 2.20 bits per heavy atom. The van der Waals surface area contributed by atoms with E-state index in [0.717, 1.165) is 25.1 Å². The van der Waals surface area contributed by atoms with Crippen molar-refractivity contribution in [2.45, 2.75) is 25.8 Å². The molecule has 1 amide bonds. The van der Waals surface area contributed by atoms with E-state index in [9.17, 15) is 4.79 Å². The van der Waals surface area contributed by atoms with Gasteiger partial charge >= 0.3 is 0 Å². The lowest BCUT2D eigenvalue weighted by Gasteiger charge is -2.22. The first-order chi connectivity index (χ1) is 9.84. The highest BCUT2D eigenvalue weighted by molar-refractivity contribution is 5.77. The molecular formula is C16H24N2O2. The fourth-order valence-corrected chi connectivity index (χ4v) is 2.43. The van der Waals surface area contributed by atoms with Crippen LogP contribution in [-0.4, -0.2) is 32.2 Å². The third-order valence-corrected chi connectivity index (χ3v) is 3.64. The highest BCUT2D eigenvalue weighted by Crippen LogP contribution is 2.13. The Kier molecular flexibility index (Phi) is 6.54. The van der Waals surface area contributed by atoms with Crippen molar-refractivity contribution in [2.75, 3.05) is 26.3 Å². The van der Waals surface area contributed by atoms with Crippen molar-refractivity contribution < 1.29 is 9.53 Å². The maximum atomic E-state index is 11.6. The Morgan fingerprint density at radius 3 is 2.95 bits per heavy atom.